The maximum absolute atomic E-state index is 13.6. The van der Waals surface area contributed by atoms with Crippen LogP contribution in [0, 0.1) is 6.92 Å². The lowest BCUT2D eigenvalue weighted by molar-refractivity contribution is -0.138. The van der Waals surface area contributed by atoms with Gasteiger partial charge in [0.25, 0.3) is 0 Å². The largest absolute Gasteiger partial charge is 0.416 e. The van der Waals surface area contributed by atoms with E-state index in [2.05, 4.69) is 33.9 Å². The smallest absolute Gasteiger partial charge is 0.378 e. The van der Waals surface area contributed by atoms with Crippen molar-refractivity contribution in [3.63, 3.8) is 0 Å². The molecule has 2 aliphatic heterocycles. The van der Waals surface area contributed by atoms with E-state index in [1.54, 1.807) is 19.2 Å². The van der Waals surface area contributed by atoms with Gasteiger partial charge in [0, 0.05) is 51.2 Å². The molecule has 2 aliphatic rings. The average Bonchev–Trinajstić information content (AvgIpc) is 3.15. The van der Waals surface area contributed by atoms with E-state index in [0.717, 1.165) is 49.5 Å². The lowest BCUT2D eigenvalue weighted by Crippen LogP contribution is -2.53. The maximum atomic E-state index is 13.6. The molecule has 2 aromatic heterocycles. The molecule has 1 aromatic carbocycles. The van der Waals surface area contributed by atoms with Gasteiger partial charge in [0.2, 0.25) is 0 Å². The van der Waals surface area contributed by atoms with Gasteiger partial charge < -0.3 is 15.0 Å². The zero-order chi connectivity index (χ0) is 25.4. The first-order chi connectivity index (χ1) is 17.2. The van der Waals surface area contributed by atoms with Crippen LogP contribution < -0.4 is 10.2 Å². The SMILES string of the molecule is Cc1c(Cc2c(CN3C[C@@H](C)N[C@@H](C)C3)nc3cnc(N4CCOCC4)cn23)cccc1C(F)(F)F. The van der Waals surface area contributed by atoms with E-state index < -0.39 is 11.7 Å². The summed E-state index contributed by atoms with van der Waals surface area (Å²) in [5.41, 5.74) is 2.82. The quantitative estimate of drug-likeness (QED) is 0.575. The summed E-state index contributed by atoms with van der Waals surface area (Å²) in [5, 5.41) is 3.55. The summed E-state index contributed by atoms with van der Waals surface area (Å²) in [6.07, 6.45) is -0.294. The van der Waals surface area contributed by atoms with Gasteiger partial charge >= 0.3 is 6.18 Å². The second kappa shape index (κ2) is 9.99. The monoisotopic (exact) mass is 502 g/mol. The van der Waals surface area contributed by atoms with Crippen LogP contribution >= 0.6 is 0 Å². The number of hydrogen-bond acceptors (Lipinski definition) is 6. The Morgan fingerprint density at radius 1 is 1.11 bits per heavy atom. The number of aromatic nitrogens is 3. The van der Waals surface area contributed by atoms with Crippen LogP contribution in [0.15, 0.2) is 30.6 Å². The normalized spacial score (nSPS) is 21.9. The summed E-state index contributed by atoms with van der Waals surface area (Å²) in [4.78, 5) is 14.1. The predicted octanol–water partition coefficient (Wildman–Crippen LogP) is 3.67. The van der Waals surface area contributed by atoms with E-state index >= 15 is 0 Å². The molecule has 0 unspecified atom stereocenters. The van der Waals surface area contributed by atoms with Crippen LogP contribution in [0.4, 0.5) is 19.0 Å². The first kappa shape index (κ1) is 25.0. The molecule has 2 saturated heterocycles. The molecule has 194 valence electrons. The van der Waals surface area contributed by atoms with Crippen molar-refractivity contribution in [2.45, 2.75) is 52.0 Å². The highest BCUT2D eigenvalue weighted by Gasteiger charge is 2.33. The van der Waals surface area contributed by atoms with Gasteiger partial charge in [-0.1, -0.05) is 12.1 Å². The van der Waals surface area contributed by atoms with Gasteiger partial charge in [0.05, 0.1) is 42.6 Å². The number of nitrogens with zero attached hydrogens (tertiary/aromatic N) is 5. The van der Waals surface area contributed by atoms with Crippen molar-refractivity contribution < 1.29 is 17.9 Å². The third-order valence-corrected chi connectivity index (χ3v) is 7.13. The number of benzene rings is 1. The molecule has 0 aliphatic carbocycles. The molecular weight excluding hydrogens is 469 g/mol. The van der Waals surface area contributed by atoms with E-state index in [4.69, 9.17) is 9.72 Å². The fourth-order valence-electron chi connectivity index (χ4n) is 5.45. The van der Waals surface area contributed by atoms with E-state index in [1.165, 1.54) is 6.07 Å². The highest BCUT2D eigenvalue weighted by molar-refractivity contribution is 5.49. The van der Waals surface area contributed by atoms with Crippen molar-refractivity contribution in [1.29, 1.82) is 0 Å². The van der Waals surface area contributed by atoms with Crippen LogP contribution in [-0.2, 0) is 23.9 Å². The van der Waals surface area contributed by atoms with Crippen LogP contribution in [0.3, 0.4) is 0 Å². The molecule has 36 heavy (non-hydrogen) atoms. The molecule has 4 heterocycles. The predicted molar refractivity (Wildman–Crippen MR) is 132 cm³/mol. The lowest BCUT2D eigenvalue weighted by atomic mass is 9.97. The van der Waals surface area contributed by atoms with E-state index in [0.29, 0.717) is 49.5 Å². The van der Waals surface area contributed by atoms with Crippen molar-refractivity contribution in [3.05, 3.63) is 58.7 Å². The fourth-order valence-corrected chi connectivity index (χ4v) is 5.45. The fraction of sp³-hybridized carbons (Fsp3) is 0.538. The first-order valence-electron chi connectivity index (χ1n) is 12.5. The Morgan fingerprint density at radius 2 is 1.83 bits per heavy atom. The molecule has 0 radical (unpaired) electrons. The number of morpholine rings is 1. The molecule has 0 amide bonds. The Morgan fingerprint density at radius 3 is 2.53 bits per heavy atom. The van der Waals surface area contributed by atoms with Gasteiger partial charge in [-0.15, -0.1) is 0 Å². The van der Waals surface area contributed by atoms with Crippen molar-refractivity contribution in [2.75, 3.05) is 44.3 Å². The Balaban J connectivity index is 1.56. The third kappa shape index (κ3) is 5.21. The zero-order valence-electron chi connectivity index (χ0n) is 21.0. The summed E-state index contributed by atoms with van der Waals surface area (Å²) in [6, 6.07) is 5.14. The summed E-state index contributed by atoms with van der Waals surface area (Å²) >= 11 is 0. The summed E-state index contributed by atoms with van der Waals surface area (Å²) in [6.45, 7) is 11.1. The van der Waals surface area contributed by atoms with Gasteiger partial charge in [-0.05, 0) is 38.0 Å². The molecule has 5 rings (SSSR count). The van der Waals surface area contributed by atoms with Crippen LogP contribution in [0.1, 0.15) is 41.9 Å². The molecule has 2 atom stereocenters. The van der Waals surface area contributed by atoms with Crippen LogP contribution in [0.25, 0.3) is 5.65 Å². The number of rotatable bonds is 5. The van der Waals surface area contributed by atoms with E-state index in [9.17, 15) is 13.2 Å². The van der Waals surface area contributed by atoms with Gasteiger partial charge in [0.1, 0.15) is 5.82 Å². The van der Waals surface area contributed by atoms with E-state index in [1.807, 2.05) is 10.6 Å². The van der Waals surface area contributed by atoms with Crippen LogP contribution in [0.5, 0.6) is 0 Å². The number of ether oxygens (including phenoxy) is 1. The number of piperazine rings is 1. The number of alkyl halides is 3. The van der Waals surface area contributed by atoms with Gasteiger partial charge in [0.15, 0.2) is 5.65 Å². The Bertz CT molecular complexity index is 1210. The molecule has 1 N–H and O–H groups in total. The number of nitrogens with one attached hydrogen (secondary N) is 1. The number of fused-ring (bicyclic) bond motifs is 1. The molecule has 0 saturated carbocycles. The number of imidazole rings is 1. The van der Waals surface area contributed by atoms with Crippen molar-refractivity contribution >= 4 is 11.5 Å². The number of halogens is 3. The molecule has 0 spiro atoms. The zero-order valence-corrected chi connectivity index (χ0v) is 21.0. The summed E-state index contributed by atoms with van der Waals surface area (Å²) < 4.78 is 48.4. The number of anilines is 1. The third-order valence-electron chi connectivity index (χ3n) is 7.13. The lowest BCUT2D eigenvalue weighted by Gasteiger charge is -2.35. The van der Waals surface area contributed by atoms with Crippen molar-refractivity contribution in [1.82, 2.24) is 24.6 Å². The van der Waals surface area contributed by atoms with Gasteiger partial charge in [-0.2, -0.15) is 13.2 Å². The summed E-state index contributed by atoms with van der Waals surface area (Å²) in [5.74, 6) is 0.821. The van der Waals surface area contributed by atoms with E-state index in [-0.39, 0.29) is 5.56 Å². The average molecular weight is 503 g/mol. The molecule has 0 bridgehead atoms. The molecule has 10 heteroatoms. The molecule has 3 aromatic rings. The maximum Gasteiger partial charge on any atom is 0.416 e. The minimum atomic E-state index is -4.39. The molecular formula is C26H33F3N6O. The summed E-state index contributed by atoms with van der Waals surface area (Å²) in [7, 11) is 0. The van der Waals surface area contributed by atoms with Gasteiger partial charge in [-0.25, -0.2) is 9.97 Å². The Kier molecular flexibility index (Phi) is 6.93. The Hall–Kier alpha value is -2.69. The van der Waals surface area contributed by atoms with Crippen LogP contribution in [0.2, 0.25) is 0 Å². The van der Waals surface area contributed by atoms with Gasteiger partial charge in [-0.3, -0.25) is 9.30 Å². The minimum absolute atomic E-state index is 0.262. The standard InChI is InChI=1S/C26H33F3N6O/c1-17-13-33(14-18(2)31-17)15-22-23(11-20-5-4-6-21(19(20)3)26(27,28)29)35-16-25(30-12-24(35)32-22)34-7-9-36-10-8-34/h4-6,12,16-18,31H,7-11,13-15H2,1-3H3/t17-,18+. The second-order valence-corrected chi connectivity index (χ2v) is 10.0. The van der Waals surface area contributed by atoms with Crippen molar-refractivity contribution in [3.8, 4) is 0 Å². The minimum Gasteiger partial charge on any atom is -0.378 e. The highest BCUT2D eigenvalue weighted by atomic mass is 19.4. The van der Waals surface area contributed by atoms with Crippen molar-refractivity contribution in [2.24, 2.45) is 0 Å². The topological polar surface area (TPSA) is 57.9 Å². The second-order valence-electron chi connectivity index (χ2n) is 10.0. The highest BCUT2D eigenvalue weighted by Crippen LogP contribution is 2.34. The Labute approximate surface area is 209 Å². The molecule has 2 fully saturated rings. The first-order valence-corrected chi connectivity index (χ1v) is 12.5. The number of hydrogen-bond donors (Lipinski definition) is 1. The molecule has 7 nitrogen and oxygen atoms in total. The van der Waals surface area contributed by atoms with Crippen LogP contribution in [-0.4, -0.2) is 70.7 Å².